The van der Waals surface area contributed by atoms with Crippen LogP contribution in [0.15, 0.2) is 59.8 Å². The molecule has 10 heteroatoms. The lowest BCUT2D eigenvalue weighted by molar-refractivity contribution is -0.128. The highest BCUT2D eigenvalue weighted by Crippen LogP contribution is 2.23. The van der Waals surface area contributed by atoms with E-state index < -0.39 is 0 Å². The van der Waals surface area contributed by atoms with E-state index in [2.05, 4.69) is 32.5 Å². The average Bonchev–Trinajstić information content (AvgIpc) is 3.22. The van der Waals surface area contributed by atoms with Gasteiger partial charge in [0.15, 0.2) is 5.16 Å². The molecule has 178 valence electrons. The molecule has 0 aliphatic carbocycles. The summed E-state index contributed by atoms with van der Waals surface area (Å²) in [7, 11) is 3.36. The van der Waals surface area contributed by atoms with Crippen molar-refractivity contribution in [2.45, 2.75) is 11.6 Å². The number of carbonyl (C=O) groups excluding carboxylic acids is 2. The van der Waals surface area contributed by atoms with Crippen LogP contribution in [0.1, 0.15) is 5.82 Å². The summed E-state index contributed by atoms with van der Waals surface area (Å²) in [5.74, 6) is 1.26. The Bertz CT molecular complexity index is 1130. The summed E-state index contributed by atoms with van der Waals surface area (Å²) in [6.45, 7) is 3.02. The Labute approximate surface area is 203 Å². The van der Waals surface area contributed by atoms with Crippen molar-refractivity contribution in [3.63, 3.8) is 0 Å². The molecule has 1 N–H and O–H groups in total. The molecule has 0 bridgehead atoms. The van der Waals surface area contributed by atoms with Crippen LogP contribution in [0.2, 0.25) is 0 Å². The van der Waals surface area contributed by atoms with Crippen LogP contribution in [0.25, 0.3) is 0 Å². The van der Waals surface area contributed by atoms with Gasteiger partial charge in [-0.2, -0.15) is 0 Å². The standard InChI is InChI=1S/C24H28N6O3S/c1-28-21(16-22(31)25-19-10-6-7-11-20(19)33-2)26-27-24(28)34-17-23(32)30-14-12-29(13-15-30)18-8-4-3-5-9-18/h3-11H,12-17H2,1-2H3,(H,25,31). The van der Waals surface area contributed by atoms with E-state index in [9.17, 15) is 9.59 Å². The molecule has 2 amide bonds. The van der Waals surface area contributed by atoms with Crippen LogP contribution in [0.5, 0.6) is 5.75 Å². The number of nitrogens with one attached hydrogen (secondary N) is 1. The topological polar surface area (TPSA) is 92.6 Å². The molecule has 1 aliphatic heterocycles. The van der Waals surface area contributed by atoms with Gasteiger partial charge in [-0.05, 0) is 24.3 Å². The number of rotatable bonds is 8. The number of nitrogens with zero attached hydrogens (tertiary/aromatic N) is 5. The van der Waals surface area contributed by atoms with Crippen LogP contribution in [-0.2, 0) is 23.1 Å². The fourth-order valence-electron chi connectivity index (χ4n) is 3.78. The van der Waals surface area contributed by atoms with E-state index in [1.54, 1.807) is 30.9 Å². The Morgan fingerprint density at radius 3 is 2.44 bits per heavy atom. The zero-order chi connectivity index (χ0) is 23.9. The normalized spacial score (nSPS) is 13.6. The van der Waals surface area contributed by atoms with Gasteiger partial charge in [0.2, 0.25) is 11.8 Å². The second-order valence-corrected chi connectivity index (χ2v) is 8.82. The Hall–Kier alpha value is -3.53. The molecule has 0 spiro atoms. The first-order chi connectivity index (χ1) is 16.5. The Balaban J connectivity index is 1.26. The Morgan fingerprint density at radius 1 is 1.00 bits per heavy atom. The third kappa shape index (κ3) is 5.69. The summed E-state index contributed by atoms with van der Waals surface area (Å²) in [6, 6.07) is 17.5. The number of benzene rings is 2. The molecule has 0 radical (unpaired) electrons. The average molecular weight is 481 g/mol. The number of amides is 2. The Morgan fingerprint density at radius 2 is 1.71 bits per heavy atom. The number of para-hydroxylation sites is 3. The van der Waals surface area contributed by atoms with E-state index in [1.165, 1.54) is 17.4 Å². The number of anilines is 2. The molecule has 34 heavy (non-hydrogen) atoms. The van der Waals surface area contributed by atoms with E-state index in [1.807, 2.05) is 35.2 Å². The molecule has 4 rings (SSSR count). The van der Waals surface area contributed by atoms with E-state index >= 15 is 0 Å². The maximum absolute atomic E-state index is 12.7. The van der Waals surface area contributed by atoms with Gasteiger partial charge in [-0.25, -0.2) is 0 Å². The van der Waals surface area contributed by atoms with Crippen LogP contribution >= 0.6 is 11.8 Å². The number of ether oxygens (including phenoxy) is 1. The molecule has 0 saturated carbocycles. The van der Waals surface area contributed by atoms with Crippen molar-refractivity contribution >= 4 is 35.0 Å². The third-order valence-electron chi connectivity index (χ3n) is 5.70. The number of hydrogen-bond acceptors (Lipinski definition) is 7. The summed E-state index contributed by atoms with van der Waals surface area (Å²) < 4.78 is 7.02. The molecule has 9 nitrogen and oxygen atoms in total. The molecule has 1 saturated heterocycles. The molecule has 2 heterocycles. The number of methoxy groups -OCH3 is 1. The van der Waals surface area contributed by atoms with Gasteiger partial charge in [0.1, 0.15) is 11.6 Å². The number of carbonyl (C=O) groups is 2. The first kappa shape index (κ1) is 23.6. The molecule has 0 unspecified atom stereocenters. The van der Waals surface area contributed by atoms with Gasteiger partial charge in [-0.1, -0.05) is 42.1 Å². The van der Waals surface area contributed by atoms with Crippen LogP contribution in [0, 0.1) is 0 Å². The zero-order valence-corrected chi connectivity index (χ0v) is 20.1. The second-order valence-electron chi connectivity index (χ2n) is 7.88. The van der Waals surface area contributed by atoms with Gasteiger partial charge in [0.05, 0.1) is 25.0 Å². The monoisotopic (exact) mass is 480 g/mol. The molecular formula is C24H28N6O3S. The van der Waals surface area contributed by atoms with Crippen LogP contribution < -0.4 is 15.0 Å². The quantitative estimate of drug-likeness (QED) is 0.495. The van der Waals surface area contributed by atoms with Gasteiger partial charge in [0.25, 0.3) is 0 Å². The molecule has 0 atom stereocenters. The third-order valence-corrected chi connectivity index (χ3v) is 6.71. The molecular weight excluding hydrogens is 452 g/mol. The summed E-state index contributed by atoms with van der Waals surface area (Å²) in [5, 5.41) is 11.8. The molecule has 1 aliphatic rings. The number of piperazine rings is 1. The van der Waals surface area contributed by atoms with Gasteiger partial charge in [-0.15, -0.1) is 10.2 Å². The first-order valence-electron chi connectivity index (χ1n) is 11.1. The number of aromatic nitrogens is 3. The van der Waals surface area contributed by atoms with E-state index in [0.717, 1.165) is 13.1 Å². The molecule has 3 aromatic rings. The minimum atomic E-state index is -0.219. The zero-order valence-electron chi connectivity index (χ0n) is 19.3. The summed E-state index contributed by atoms with van der Waals surface area (Å²) in [4.78, 5) is 29.4. The van der Waals surface area contributed by atoms with Gasteiger partial charge >= 0.3 is 0 Å². The number of thioether (sulfide) groups is 1. The van der Waals surface area contributed by atoms with E-state index in [4.69, 9.17) is 4.74 Å². The van der Waals surface area contributed by atoms with Crippen LogP contribution in [0.3, 0.4) is 0 Å². The van der Waals surface area contributed by atoms with Crippen molar-refractivity contribution in [3.8, 4) is 5.75 Å². The summed E-state index contributed by atoms with van der Waals surface area (Å²) in [5.41, 5.74) is 1.79. The molecule has 1 aromatic heterocycles. The van der Waals surface area contributed by atoms with Crippen LogP contribution in [0.4, 0.5) is 11.4 Å². The summed E-state index contributed by atoms with van der Waals surface area (Å²) >= 11 is 1.34. The maximum atomic E-state index is 12.7. The van der Waals surface area contributed by atoms with Crippen LogP contribution in [-0.4, -0.2) is 70.5 Å². The minimum absolute atomic E-state index is 0.0670. The highest BCUT2D eigenvalue weighted by atomic mass is 32.2. The lowest BCUT2D eigenvalue weighted by Gasteiger charge is -2.36. The first-order valence-corrected chi connectivity index (χ1v) is 12.1. The van der Waals surface area contributed by atoms with Crippen molar-refractivity contribution in [2.24, 2.45) is 7.05 Å². The highest BCUT2D eigenvalue weighted by molar-refractivity contribution is 7.99. The SMILES string of the molecule is COc1ccccc1NC(=O)Cc1nnc(SCC(=O)N2CCN(c3ccccc3)CC2)n1C. The van der Waals surface area contributed by atoms with Crippen molar-refractivity contribution in [1.82, 2.24) is 19.7 Å². The lowest BCUT2D eigenvalue weighted by atomic mass is 10.2. The smallest absolute Gasteiger partial charge is 0.233 e. The van der Waals surface area contributed by atoms with Crippen molar-refractivity contribution in [3.05, 3.63) is 60.4 Å². The highest BCUT2D eigenvalue weighted by Gasteiger charge is 2.22. The Kier molecular flexibility index (Phi) is 7.69. The lowest BCUT2D eigenvalue weighted by Crippen LogP contribution is -2.49. The second kappa shape index (κ2) is 11.1. The van der Waals surface area contributed by atoms with Crippen molar-refractivity contribution < 1.29 is 14.3 Å². The fraction of sp³-hybridized carbons (Fsp3) is 0.333. The minimum Gasteiger partial charge on any atom is -0.495 e. The predicted octanol–water partition coefficient (Wildman–Crippen LogP) is 2.45. The molecule has 1 fully saturated rings. The number of hydrogen-bond donors (Lipinski definition) is 1. The molecule has 2 aromatic carbocycles. The van der Waals surface area contributed by atoms with Gasteiger partial charge in [-0.3, -0.25) is 9.59 Å². The van der Waals surface area contributed by atoms with Crippen molar-refractivity contribution in [1.29, 1.82) is 0 Å². The van der Waals surface area contributed by atoms with E-state index in [-0.39, 0.29) is 24.0 Å². The fourth-order valence-corrected chi connectivity index (χ4v) is 4.61. The largest absolute Gasteiger partial charge is 0.495 e. The van der Waals surface area contributed by atoms with Gasteiger partial charge in [0, 0.05) is 38.9 Å². The van der Waals surface area contributed by atoms with Crippen molar-refractivity contribution in [2.75, 3.05) is 49.3 Å². The summed E-state index contributed by atoms with van der Waals surface area (Å²) in [6.07, 6.45) is 0.0670. The van der Waals surface area contributed by atoms with E-state index in [0.29, 0.717) is 35.5 Å². The van der Waals surface area contributed by atoms with Gasteiger partial charge < -0.3 is 24.4 Å². The predicted molar refractivity (Wildman–Crippen MR) is 132 cm³/mol. The maximum Gasteiger partial charge on any atom is 0.233 e.